The van der Waals surface area contributed by atoms with Gasteiger partial charge in [0.05, 0.1) is 6.54 Å². The Morgan fingerprint density at radius 3 is 2.81 bits per heavy atom. The Hall–Kier alpha value is -1.61. The number of benzene rings is 1. The summed E-state index contributed by atoms with van der Waals surface area (Å²) in [5.74, 6) is 1.23. The van der Waals surface area contributed by atoms with Gasteiger partial charge in [-0.25, -0.2) is 0 Å². The van der Waals surface area contributed by atoms with Crippen molar-refractivity contribution >= 4 is 16.8 Å². The van der Waals surface area contributed by atoms with Crippen LogP contribution in [0.4, 0.5) is 0 Å². The van der Waals surface area contributed by atoms with Crippen LogP contribution in [0, 0.1) is 5.92 Å². The lowest BCUT2D eigenvalue weighted by molar-refractivity contribution is 0.0827. The number of fused-ring (bicyclic) bond motifs is 1. The molecule has 3 heteroatoms. The first-order valence-corrected chi connectivity index (χ1v) is 7.87. The van der Waals surface area contributed by atoms with Crippen LogP contribution in [0.2, 0.25) is 0 Å². The molecule has 21 heavy (non-hydrogen) atoms. The van der Waals surface area contributed by atoms with Crippen LogP contribution >= 0.6 is 0 Å². The number of carbonyl (C=O) groups is 1. The maximum absolute atomic E-state index is 12.4. The van der Waals surface area contributed by atoms with Crippen LogP contribution in [0.3, 0.4) is 0 Å². The van der Waals surface area contributed by atoms with Crippen LogP contribution in [-0.4, -0.2) is 30.3 Å². The third kappa shape index (κ3) is 3.03. The molecule has 0 spiro atoms. The van der Waals surface area contributed by atoms with Gasteiger partial charge in [0, 0.05) is 11.4 Å². The summed E-state index contributed by atoms with van der Waals surface area (Å²) in [7, 11) is 2.06. The number of nitrogens with zero attached hydrogens (tertiary/aromatic N) is 1. The van der Waals surface area contributed by atoms with E-state index in [0.29, 0.717) is 24.3 Å². The van der Waals surface area contributed by atoms with E-state index < -0.39 is 0 Å². The highest BCUT2D eigenvalue weighted by molar-refractivity contribution is 5.98. The van der Waals surface area contributed by atoms with Crippen LogP contribution in [0.1, 0.15) is 43.2 Å². The number of ketones is 1. The summed E-state index contributed by atoms with van der Waals surface area (Å²) >= 11 is 0. The van der Waals surface area contributed by atoms with Crippen molar-refractivity contribution in [2.24, 2.45) is 5.92 Å². The van der Waals surface area contributed by atoms with Gasteiger partial charge in [0.2, 0.25) is 5.78 Å². The molecule has 0 amide bonds. The summed E-state index contributed by atoms with van der Waals surface area (Å²) in [6.07, 6.45) is 5.07. The second-order valence-electron chi connectivity index (χ2n) is 6.32. The molecule has 0 saturated heterocycles. The second kappa shape index (κ2) is 6.02. The van der Waals surface area contributed by atoms with E-state index in [2.05, 4.69) is 18.9 Å². The summed E-state index contributed by atoms with van der Waals surface area (Å²) < 4.78 is 5.67. The van der Waals surface area contributed by atoms with Gasteiger partial charge in [-0.3, -0.25) is 9.69 Å². The van der Waals surface area contributed by atoms with Crippen molar-refractivity contribution in [2.75, 3.05) is 13.6 Å². The standard InChI is InChI=1S/C18H23NO2/c1-13-7-3-5-9-15(13)19(2)12-16(20)18-11-14-8-4-6-10-17(14)21-18/h4,6,8,10-11,13,15H,3,5,7,9,12H2,1-2H3. The van der Waals surface area contributed by atoms with E-state index in [4.69, 9.17) is 4.42 Å². The topological polar surface area (TPSA) is 33.5 Å². The zero-order chi connectivity index (χ0) is 14.8. The summed E-state index contributed by atoms with van der Waals surface area (Å²) in [5.41, 5.74) is 0.787. The Morgan fingerprint density at radius 2 is 2.05 bits per heavy atom. The number of furan rings is 1. The molecule has 2 atom stereocenters. The average molecular weight is 285 g/mol. The Morgan fingerprint density at radius 1 is 1.29 bits per heavy atom. The molecular formula is C18H23NO2. The number of hydrogen-bond acceptors (Lipinski definition) is 3. The molecule has 112 valence electrons. The highest BCUT2D eigenvalue weighted by atomic mass is 16.3. The number of Topliss-reactive ketones (excluding diaryl/α,β-unsaturated/α-hetero) is 1. The molecule has 1 aromatic carbocycles. The first-order valence-electron chi connectivity index (χ1n) is 7.87. The number of likely N-dealkylation sites (N-methyl/N-ethyl adjacent to an activating group) is 1. The predicted octanol–water partition coefficient (Wildman–Crippen LogP) is 4.13. The minimum absolute atomic E-state index is 0.0754. The van der Waals surface area contributed by atoms with Crippen LogP contribution in [-0.2, 0) is 0 Å². The van der Waals surface area contributed by atoms with Gasteiger partial charge in [-0.2, -0.15) is 0 Å². The third-order valence-electron chi connectivity index (χ3n) is 4.73. The normalized spacial score (nSPS) is 22.8. The summed E-state index contributed by atoms with van der Waals surface area (Å²) in [6.45, 7) is 2.74. The highest BCUT2D eigenvalue weighted by Crippen LogP contribution is 2.27. The highest BCUT2D eigenvalue weighted by Gasteiger charge is 2.26. The van der Waals surface area contributed by atoms with Gasteiger partial charge in [-0.05, 0) is 37.9 Å². The fourth-order valence-corrected chi connectivity index (χ4v) is 3.49. The molecule has 1 aliphatic carbocycles. The first kappa shape index (κ1) is 14.3. The lowest BCUT2D eigenvalue weighted by Gasteiger charge is -2.35. The zero-order valence-electron chi connectivity index (χ0n) is 12.8. The van der Waals surface area contributed by atoms with Crippen molar-refractivity contribution in [1.29, 1.82) is 0 Å². The molecular weight excluding hydrogens is 262 g/mol. The van der Waals surface area contributed by atoms with Gasteiger partial charge in [-0.1, -0.05) is 38.0 Å². The van der Waals surface area contributed by atoms with Gasteiger partial charge in [0.25, 0.3) is 0 Å². The molecule has 2 aromatic rings. The Kier molecular flexibility index (Phi) is 4.11. The SMILES string of the molecule is CC1CCCCC1N(C)CC(=O)c1cc2ccccc2o1. The Labute approximate surface area is 125 Å². The van der Waals surface area contributed by atoms with Crippen LogP contribution in [0.25, 0.3) is 11.0 Å². The molecule has 3 nitrogen and oxygen atoms in total. The van der Waals surface area contributed by atoms with Gasteiger partial charge in [0.15, 0.2) is 5.76 Å². The number of rotatable bonds is 4. The van der Waals surface area contributed by atoms with Crippen LogP contribution in [0.15, 0.2) is 34.7 Å². The molecule has 0 bridgehead atoms. The zero-order valence-corrected chi connectivity index (χ0v) is 12.8. The summed E-state index contributed by atoms with van der Waals surface area (Å²) in [6, 6.07) is 10.1. The van der Waals surface area contributed by atoms with E-state index in [0.717, 1.165) is 11.0 Å². The number of carbonyl (C=O) groups excluding carboxylic acids is 1. The van der Waals surface area contributed by atoms with Crippen LogP contribution in [0.5, 0.6) is 0 Å². The molecule has 1 aliphatic rings. The van der Waals surface area contributed by atoms with E-state index in [9.17, 15) is 4.79 Å². The third-order valence-corrected chi connectivity index (χ3v) is 4.73. The quantitative estimate of drug-likeness (QED) is 0.792. The molecule has 0 N–H and O–H groups in total. The monoisotopic (exact) mass is 285 g/mol. The van der Waals surface area contributed by atoms with Crippen molar-refractivity contribution < 1.29 is 9.21 Å². The molecule has 1 aromatic heterocycles. The lowest BCUT2D eigenvalue weighted by Crippen LogP contribution is -2.41. The van der Waals surface area contributed by atoms with Crippen LogP contribution < -0.4 is 0 Å². The van der Waals surface area contributed by atoms with Crippen molar-refractivity contribution in [1.82, 2.24) is 4.90 Å². The average Bonchev–Trinajstić information content (AvgIpc) is 2.91. The fraction of sp³-hybridized carbons (Fsp3) is 0.500. The van der Waals surface area contributed by atoms with Crippen molar-refractivity contribution in [3.63, 3.8) is 0 Å². The molecule has 1 heterocycles. The summed E-state index contributed by atoms with van der Waals surface area (Å²) in [5, 5.41) is 0.995. The van der Waals surface area contributed by atoms with Gasteiger partial charge < -0.3 is 4.42 Å². The van der Waals surface area contributed by atoms with Crippen molar-refractivity contribution in [3.05, 3.63) is 36.1 Å². The largest absolute Gasteiger partial charge is 0.453 e. The molecule has 1 saturated carbocycles. The smallest absolute Gasteiger partial charge is 0.211 e. The van der Waals surface area contributed by atoms with Crippen molar-refractivity contribution in [3.8, 4) is 0 Å². The molecule has 2 unspecified atom stereocenters. The van der Waals surface area contributed by atoms with Crippen molar-refractivity contribution in [2.45, 2.75) is 38.6 Å². The Bertz CT molecular complexity index is 598. The summed E-state index contributed by atoms with van der Waals surface area (Å²) in [4.78, 5) is 14.6. The van der Waals surface area contributed by atoms with Gasteiger partial charge >= 0.3 is 0 Å². The fourth-order valence-electron chi connectivity index (χ4n) is 3.49. The minimum atomic E-state index is 0.0754. The lowest BCUT2D eigenvalue weighted by atomic mass is 9.85. The van der Waals surface area contributed by atoms with Gasteiger partial charge in [-0.15, -0.1) is 0 Å². The second-order valence-corrected chi connectivity index (χ2v) is 6.32. The van der Waals surface area contributed by atoms with Gasteiger partial charge in [0.1, 0.15) is 5.58 Å². The molecule has 0 aliphatic heterocycles. The molecule has 1 fully saturated rings. The van der Waals surface area contributed by atoms with E-state index >= 15 is 0 Å². The number of para-hydroxylation sites is 1. The maximum Gasteiger partial charge on any atom is 0.211 e. The molecule has 3 rings (SSSR count). The van der Waals surface area contributed by atoms with E-state index in [-0.39, 0.29) is 5.78 Å². The maximum atomic E-state index is 12.4. The minimum Gasteiger partial charge on any atom is -0.453 e. The van der Waals surface area contributed by atoms with E-state index in [1.807, 2.05) is 30.3 Å². The molecule has 0 radical (unpaired) electrons. The number of hydrogen-bond donors (Lipinski definition) is 0. The predicted molar refractivity (Wildman–Crippen MR) is 84.6 cm³/mol. The van der Waals surface area contributed by atoms with E-state index in [1.54, 1.807) is 0 Å². The first-order chi connectivity index (χ1) is 10.1. The Balaban J connectivity index is 1.70. The van der Waals surface area contributed by atoms with E-state index in [1.165, 1.54) is 25.7 Å².